The van der Waals surface area contributed by atoms with Crippen molar-refractivity contribution in [2.75, 3.05) is 6.54 Å². The molecule has 0 N–H and O–H groups in total. The smallest absolute Gasteiger partial charge is 0.293 e. The first-order chi connectivity index (χ1) is 8.75. The fourth-order valence-electron chi connectivity index (χ4n) is 2.18. The van der Waals surface area contributed by atoms with Gasteiger partial charge in [0, 0.05) is 12.6 Å². The molecule has 1 unspecified atom stereocenters. The van der Waals surface area contributed by atoms with Gasteiger partial charge in [0.1, 0.15) is 6.04 Å². The molecule has 0 aromatic carbocycles. The summed E-state index contributed by atoms with van der Waals surface area (Å²) in [6.45, 7) is 2.41. The van der Waals surface area contributed by atoms with Crippen molar-refractivity contribution in [1.82, 2.24) is 20.2 Å². The lowest BCUT2D eigenvalue weighted by Gasteiger charge is -2.20. The lowest BCUT2D eigenvalue weighted by atomic mass is 10.2. The Morgan fingerprint density at radius 2 is 2.39 bits per heavy atom. The van der Waals surface area contributed by atoms with Gasteiger partial charge in [-0.3, -0.25) is 4.79 Å². The van der Waals surface area contributed by atoms with Crippen molar-refractivity contribution in [3.05, 3.63) is 29.7 Å². The van der Waals surface area contributed by atoms with E-state index in [1.165, 1.54) is 6.20 Å². The number of hydrogen-bond acceptors (Lipinski definition) is 6. The van der Waals surface area contributed by atoms with Crippen LogP contribution in [-0.2, 0) is 0 Å². The van der Waals surface area contributed by atoms with Gasteiger partial charge in [-0.2, -0.15) is 4.98 Å². The third-order valence-electron chi connectivity index (χ3n) is 2.99. The Balaban J connectivity index is 1.85. The molecular weight excluding hydrogens is 236 g/mol. The van der Waals surface area contributed by atoms with Crippen LogP contribution in [-0.4, -0.2) is 32.6 Å². The Morgan fingerprint density at radius 3 is 3.06 bits per heavy atom. The van der Waals surface area contributed by atoms with Gasteiger partial charge in [0.25, 0.3) is 5.91 Å². The van der Waals surface area contributed by atoms with Crippen LogP contribution < -0.4 is 0 Å². The third kappa shape index (κ3) is 1.77. The molecule has 1 fully saturated rings. The van der Waals surface area contributed by atoms with Crippen LogP contribution in [0.15, 0.2) is 21.3 Å². The topological polar surface area (TPSA) is 85.3 Å². The van der Waals surface area contributed by atoms with Crippen molar-refractivity contribution in [1.29, 1.82) is 0 Å². The summed E-state index contributed by atoms with van der Waals surface area (Å²) >= 11 is 0. The summed E-state index contributed by atoms with van der Waals surface area (Å²) in [4.78, 5) is 18.1. The summed E-state index contributed by atoms with van der Waals surface area (Å²) in [6.07, 6.45) is 3.18. The lowest BCUT2D eigenvalue weighted by Crippen LogP contribution is -2.30. The maximum absolute atomic E-state index is 12.2. The third-order valence-corrected chi connectivity index (χ3v) is 2.99. The van der Waals surface area contributed by atoms with E-state index in [4.69, 9.17) is 9.05 Å². The number of nitrogens with zero attached hydrogens (tertiary/aromatic N) is 4. The highest BCUT2D eigenvalue weighted by Gasteiger charge is 2.35. The van der Waals surface area contributed by atoms with E-state index in [0.717, 1.165) is 12.8 Å². The highest BCUT2D eigenvalue weighted by molar-refractivity contribution is 5.91. The molecule has 0 spiro atoms. The fraction of sp³-hybridized carbons (Fsp3) is 0.455. The van der Waals surface area contributed by atoms with Crippen LogP contribution in [0.25, 0.3) is 0 Å². The van der Waals surface area contributed by atoms with Crippen LogP contribution in [0.1, 0.15) is 41.2 Å². The maximum atomic E-state index is 12.2. The van der Waals surface area contributed by atoms with E-state index in [-0.39, 0.29) is 17.7 Å². The molecule has 18 heavy (non-hydrogen) atoms. The largest absolute Gasteiger partial charge is 0.351 e. The number of hydrogen-bond donors (Lipinski definition) is 0. The van der Waals surface area contributed by atoms with Gasteiger partial charge in [-0.1, -0.05) is 10.3 Å². The Bertz CT molecular complexity index is 548. The summed E-state index contributed by atoms with van der Waals surface area (Å²) in [5, 5.41) is 7.30. The van der Waals surface area contributed by atoms with E-state index in [2.05, 4.69) is 15.3 Å². The van der Waals surface area contributed by atoms with Gasteiger partial charge in [0.2, 0.25) is 11.7 Å². The van der Waals surface area contributed by atoms with Gasteiger partial charge in [-0.25, -0.2) is 0 Å². The average molecular weight is 248 g/mol. The van der Waals surface area contributed by atoms with Gasteiger partial charge in [-0.05, 0) is 19.8 Å². The Kier molecular flexibility index (Phi) is 2.58. The lowest BCUT2D eigenvalue weighted by molar-refractivity contribution is 0.0668. The van der Waals surface area contributed by atoms with Crippen molar-refractivity contribution in [3.63, 3.8) is 0 Å². The highest BCUT2D eigenvalue weighted by Crippen LogP contribution is 2.31. The molecule has 0 bridgehead atoms. The minimum Gasteiger partial charge on any atom is -0.351 e. The zero-order valence-corrected chi connectivity index (χ0v) is 9.87. The fourth-order valence-corrected chi connectivity index (χ4v) is 2.18. The van der Waals surface area contributed by atoms with E-state index in [0.29, 0.717) is 18.3 Å². The normalized spacial score (nSPS) is 19.4. The molecule has 3 rings (SSSR count). The summed E-state index contributed by atoms with van der Waals surface area (Å²) in [7, 11) is 0. The van der Waals surface area contributed by atoms with Crippen molar-refractivity contribution in [3.8, 4) is 0 Å². The zero-order chi connectivity index (χ0) is 12.5. The van der Waals surface area contributed by atoms with E-state index in [9.17, 15) is 4.79 Å². The van der Waals surface area contributed by atoms with E-state index in [1.807, 2.05) is 0 Å². The molecule has 7 nitrogen and oxygen atoms in total. The van der Waals surface area contributed by atoms with Crippen LogP contribution in [0, 0.1) is 6.92 Å². The van der Waals surface area contributed by atoms with Crippen molar-refractivity contribution >= 4 is 5.91 Å². The Labute approximate surface area is 103 Å². The van der Waals surface area contributed by atoms with Crippen LogP contribution >= 0.6 is 0 Å². The molecule has 3 heterocycles. The van der Waals surface area contributed by atoms with Crippen LogP contribution in [0.2, 0.25) is 0 Å². The number of aryl methyl sites for hydroxylation is 1. The molecule has 94 valence electrons. The number of carbonyl (C=O) groups excluding carboxylic acids is 1. The summed E-state index contributed by atoms with van der Waals surface area (Å²) in [5.41, 5.74) is 0. The standard InChI is InChI=1S/C11H12N4O3/c1-7-13-10(18-14-7)8-3-2-6-15(8)11(16)9-4-5-12-17-9/h4-5,8H,2-3,6H2,1H3. The average Bonchev–Trinajstić information content (AvgIpc) is 3.09. The number of amides is 1. The molecule has 1 aliphatic heterocycles. The van der Waals surface area contributed by atoms with Crippen molar-refractivity contribution < 1.29 is 13.8 Å². The van der Waals surface area contributed by atoms with Crippen LogP contribution in [0.5, 0.6) is 0 Å². The number of likely N-dealkylation sites (tertiary alicyclic amines) is 1. The second-order valence-electron chi connectivity index (χ2n) is 4.21. The number of rotatable bonds is 2. The maximum Gasteiger partial charge on any atom is 0.293 e. The van der Waals surface area contributed by atoms with Gasteiger partial charge in [-0.15, -0.1) is 0 Å². The summed E-state index contributed by atoms with van der Waals surface area (Å²) in [6, 6.07) is 1.39. The molecule has 2 aromatic rings. The molecular formula is C11H12N4O3. The number of aromatic nitrogens is 3. The zero-order valence-electron chi connectivity index (χ0n) is 9.87. The molecule has 7 heteroatoms. The van der Waals surface area contributed by atoms with Gasteiger partial charge < -0.3 is 13.9 Å². The first-order valence-electron chi connectivity index (χ1n) is 5.77. The Morgan fingerprint density at radius 1 is 1.50 bits per heavy atom. The quantitative estimate of drug-likeness (QED) is 0.797. The van der Waals surface area contributed by atoms with Gasteiger partial charge in [0.05, 0.1) is 6.20 Å². The molecule has 0 radical (unpaired) electrons. The molecule has 1 saturated heterocycles. The van der Waals surface area contributed by atoms with Crippen molar-refractivity contribution in [2.45, 2.75) is 25.8 Å². The molecule has 0 aliphatic carbocycles. The van der Waals surface area contributed by atoms with Crippen LogP contribution in [0.3, 0.4) is 0 Å². The van der Waals surface area contributed by atoms with Crippen LogP contribution in [0.4, 0.5) is 0 Å². The summed E-state index contributed by atoms with van der Waals surface area (Å²) in [5.74, 6) is 1.10. The Hall–Kier alpha value is -2.18. The molecule has 1 atom stereocenters. The van der Waals surface area contributed by atoms with E-state index in [1.54, 1.807) is 17.9 Å². The summed E-state index contributed by atoms with van der Waals surface area (Å²) < 4.78 is 10.0. The predicted molar refractivity (Wildman–Crippen MR) is 58.5 cm³/mol. The molecule has 1 aliphatic rings. The molecule has 0 saturated carbocycles. The molecule has 2 aromatic heterocycles. The van der Waals surface area contributed by atoms with Gasteiger partial charge in [0.15, 0.2) is 5.82 Å². The van der Waals surface area contributed by atoms with E-state index < -0.39 is 0 Å². The minimum atomic E-state index is -0.189. The monoisotopic (exact) mass is 248 g/mol. The second kappa shape index (κ2) is 4.25. The minimum absolute atomic E-state index is 0.163. The van der Waals surface area contributed by atoms with Crippen molar-refractivity contribution in [2.24, 2.45) is 0 Å². The first kappa shape index (κ1) is 10.9. The SMILES string of the molecule is Cc1noc(C2CCCN2C(=O)c2ccno2)n1. The second-order valence-corrected chi connectivity index (χ2v) is 4.21. The first-order valence-corrected chi connectivity index (χ1v) is 5.77. The molecule has 1 amide bonds. The number of carbonyl (C=O) groups is 1. The van der Waals surface area contributed by atoms with E-state index >= 15 is 0 Å². The highest BCUT2D eigenvalue weighted by atomic mass is 16.5. The van der Waals surface area contributed by atoms with Gasteiger partial charge >= 0.3 is 0 Å². The predicted octanol–water partition coefficient (Wildman–Crippen LogP) is 1.34.